The summed E-state index contributed by atoms with van der Waals surface area (Å²) in [5, 5.41) is 23.7. The maximum absolute atomic E-state index is 12.0. The number of benzene rings is 1. The second-order valence-electron chi connectivity index (χ2n) is 4.23. The van der Waals surface area contributed by atoms with E-state index in [-0.39, 0.29) is 10.7 Å². The molecule has 1 heterocycles. The Morgan fingerprint density at radius 1 is 1.19 bits per heavy atom. The van der Waals surface area contributed by atoms with E-state index in [0.29, 0.717) is 12.2 Å². The number of non-ortho nitro benzene ring substituents is 2. The molecule has 0 aromatic heterocycles. The predicted octanol–water partition coefficient (Wildman–Crippen LogP) is 1.26. The van der Waals surface area contributed by atoms with Gasteiger partial charge in [0.2, 0.25) is 5.12 Å². The van der Waals surface area contributed by atoms with Crippen molar-refractivity contribution in [1.29, 1.82) is 0 Å². The van der Waals surface area contributed by atoms with Gasteiger partial charge < -0.3 is 5.32 Å². The average Bonchev–Trinajstić information content (AvgIpc) is 2.83. The van der Waals surface area contributed by atoms with Crippen LogP contribution in [-0.2, 0) is 4.79 Å². The lowest BCUT2D eigenvalue weighted by atomic mass is 10.1. The third kappa shape index (κ3) is 3.34. The van der Waals surface area contributed by atoms with Crippen molar-refractivity contribution < 1.29 is 19.4 Å². The zero-order valence-electron chi connectivity index (χ0n) is 10.5. The highest BCUT2D eigenvalue weighted by Crippen LogP contribution is 2.24. The van der Waals surface area contributed by atoms with Crippen LogP contribution in [0.5, 0.6) is 0 Å². The third-order valence-corrected chi connectivity index (χ3v) is 3.84. The largest absolute Gasteiger partial charge is 0.341 e. The summed E-state index contributed by atoms with van der Waals surface area (Å²) in [5.41, 5.74) is -1.33. The second-order valence-corrected chi connectivity index (χ2v) is 5.33. The lowest BCUT2D eigenvalue weighted by molar-refractivity contribution is -0.394. The molecule has 1 aromatic rings. The van der Waals surface area contributed by atoms with Gasteiger partial charge in [0, 0.05) is 17.9 Å². The number of amides is 1. The van der Waals surface area contributed by atoms with Gasteiger partial charge in [0.05, 0.1) is 27.5 Å². The van der Waals surface area contributed by atoms with Gasteiger partial charge in [-0.05, 0) is 6.42 Å². The number of carbonyl (C=O) groups excluding carboxylic acids is 2. The van der Waals surface area contributed by atoms with Gasteiger partial charge in [-0.3, -0.25) is 29.8 Å². The number of nitrogens with one attached hydrogen (secondary N) is 1. The fourth-order valence-electron chi connectivity index (χ4n) is 1.81. The number of nitrogens with zero attached hydrogens (tertiary/aromatic N) is 2. The SMILES string of the molecule is O=C(N[C@H]1CCSC1=O)c1cc([N+](=O)[O-])cc([N+](=O)[O-])c1. The van der Waals surface area contributed by atoms with Crippen molar-refractivity contribution >= 4 is 34.2 Å². The first kappa shape index (κ1) is 14.9. The molecule has 0 spiro atoms. The minimum Gasteiger partial charge on any atom is -0.341 e. The van der Waals surface area contributed by atoms with E-state index in [0.717, 1.165) is 30.0 Å². The Kier molecular flexibility index (Phi) is 4.17. The first-order valence-corrected chi connectivity index (χ1v) is 6.78. The van der Waals surface area contributed by atoms with E-state index >= 15 is 0 Å². The van der Waals surface area contributed by atoms with E-state index in [1.54, 1.807) is 0 Å². The number of nitro groups is 2. The molecule has 1 saturated heterocycles. The Morgan fingerprint density at radius 2 is 1.76 bits per heavy atom. The highest BCUT2D eigenvalue weighted by Gasteiger charge is 2.28. The quantitative estimate of drug-likeness (QED) is 0.653. The summed E-state index contributed by atoms with van der Waals surface area (Å²) < 4.78 is 0. The Bertz CT molecular complexity index is 615. The van der Waals surface area contributed by atoms with Gasteiger partial charge in [0.1, 0.15) is 0 Å². The Morgan fingerprint density at radius 3 is 2.19 bits per heavy atom. The number of hydrogen-bond acceptors (Lipinski definition) is 7. The fraction of sp³-hybridized carbons (Fsp3) is 0.273. The first-order chi connectivity index (χ1) is 9.88. The molecule has 1 amide bonds. The van der Waals surface area contributed by atoms with Gasteiger partial charge in [-0.15, -0.1) is 0 Å². The van der Waals surface area contributed by atoms with Gasteiger partial charge in [-0.25, -0.2) is 0 Å². The smallest absolute Gasteiger partial charge is 0.277 e. The maximum atomic E-state index is 12.0. The number of carbonyl (C=O) groups is 2. The van der Waals surface area contributed by atoms with Crippen LogP contribution in [0.25, 0.3) is 0 Å². The van der Waals surface area contributed by atoms with Crippen LogP contribution in [0.1, 0.15) is 16.8 Å². The molecule has 0 radical (unpaired) electrons. The molecule has 2 rings (SSSR count). The van der Waals surface area contributed by atoms with Gasteiger partial charge in [-0.2, -0.15) is 0 Å². The van der Waals surface area contributed by atoms with Gasteiger partial charge in [0.15, 0.2) is 0 Å². The minimum absolute atomic E-state index is 0.191. The van der Waals surface area contributed by atoms with Crippen molar-refractivity contribution in [3.8, 4) is 0 Å². The molecule has 1 N–H and O–H groups in total. The lowest BCUT2D eigenvalue weighted by Crippen LogP contribution is -2.37. The zero-order chi connectivity index (χ0) is 15.6. The molecule has 0 bridgehead atoms. The molecule has 1 aromatic carbocycles. The Labute approximate surface area is 122 Å². The Balaban J connectivity index is 2.29. The number of rotatable bonds is 4. The Hall–Kier alpha value is -2.49. The fourth-order valence-corrected chi connectivity index (χ4v) is 2.74. The molecule has 1 aliphatic rings. The first-order valence-electron chi connectivity index (χ1n) is 5.80. The standard InChI is InChI=1S/C11H9N3O6S/c15-10(12-9-1-2-21-11(9)16)6-3-7(13(17)18)5-8(4-6)14(19)20/h3-5,9H,1-2H2,(H,12,15)/t9-/m0/s1. The monoisotopic (exact) mass is 311 g/mol. The molecule has 0 unspecified atom stereocenters. The second kappa shape index (κ2) is 5.87. The minimum atomic E-state index is -0.819. The maximum Gasteiger partial charge on any atom is 0.277 e. The molecule has 9 nitrogen and oxygen atoms in total. The van der Waals surface area contributed by atoms with Gasteiger partial charge in [-0.1, -0.05) is 11.8 Å². The summed E-state index contributed by atoms with van der Waals surface area (Å²) in [5.74, 6) is -0.165. The van der Waals surface area contributed by atoms with Crippen LogP contribution in [0.4, 0.5) is 11.4 Å². The molecule has 0 aliphatic carbocycles. The van der Waals surface area contributed by atoms with Crippen molar-refractivity contribution in [2.24, 2.45) is 0 Å². The third-order valence-electron chi connectivity index (χ3n) is 2.83. The van der Waals surface area contributed by atoms with Crippen molar-refractivity contribution in [1.82, 2.24) is 5.32 Å². The van der Waals surface area contributed by atoms with Crippen molar-refractivity contribution in [2.75, 3.05) is 5.75 Å². The number of thioether (sulfide) groups is 1. The van der Waals surface area contributed by atoms with Gasteiger partial charge >= 0.3 is 0 Å². The molecule has 0 saturated carbocycles. The highest BCUT2D eigenvalue weighted by molar-refractivity contribution is 8.14. The van der Waals surface area contributed by atoms with Crippen LogP contribution >= 0.6 is 11.8 Å². The molecule has 10 heteroatoms. The molecular weight excluding hydrogens is 302 g/mol. The van der Waals surface area contributed by atoms with Crippen LogP contribution in [-0.4, -0.2) is 32.7 Å². The van der Waals surface area contributed by atoms with Crippen LogP contribution in [0, 0.1) is 20.2 Å². The molecule has 110 valence electrons. The van der Waals surface area contributed by atoms with Crippen LogP contribution in [0.15, 0.2) is 18.2 Å². The summed E-state index contributed by atoms with van der Waals surface area (Å²) >= 11 is 1.09. The van der Waals surface area contributed by atoms with Crippen LogP contribution in [0.3, 0.4) is 0 Å². The van der Waals surface area contributed by atoms with E-state index in [4.69, 9.17) is 0 Å². The topological polar surface area (TPSA) is 132 Å². The number of hydrogen-bond donors (Lipinski definition) is 1. The van der Waals surface area contributed by atoms with Crippen LogP contribution < -0.4 is 5.32 Å². The van der Waals surface area contributed by atoms with E-state index in [1.165, 1.54) is 0 Å². The summed E-state index contributed by atoms with van der Waals surface area (Å²) in [6.45, 7) is 0. The zero-order valence-corrected chi connectivity index (χ0v) is 11.3. The van der Waals surface area contributed by atoms with Crippen LogP contribution in [0.2, 0.25) is 0 Å². The molecular formula is C11H9N3O6S. The van der Waals surface area contributed by atoms with Crippen molar-refractivity contribution in [3.63, 3.8) is 0 Å². The predicted molar refractivity (Wildman–Crippen MR) is 73.1 cm³/mol. The summed E-state index contributed by atoms with van der Waals surface area (Å²) in [7, 11) is 0. The van der Waals surface area contributed by atoms with Gasteiger partial charge in [0.25, 0.3) is 17.3 Å². The number of nitro benzene ring substituents is 2. The molecule has 1 fully saturated rings. The summed E-state index contributed by atoms with van der Waals surface area (Å²) in [6.07, 6.45) is 0.465. The summed E-state index contributed by atoms with van der Waals surface area (Å²) in [4.78, 5) is 43.2. The van der Waals surface area contributed by atoms with E-state index in [2.05, 4.69) is 5.32 Å². The van der Waals surface area contributed by atoms with Crippen molar-refractivity contribution in [2.45, 2.75) is 12.5 Å². The lowest BCUT2D eigenvalue weighted by Gasteiger charge is -2.09. The normalized spacial score (nSPS) is 17.5. The molecule has 21 heavy (non-hydrogen) atoms. The van der Waals surface area contributed by atoms with E-state index < -0.39 is 33.2 Å². The van der Waals surface area contributed by atoms with E-state index in [9.17, 15) is 29.8 Å². The van der Waals surface area contributed by atoms with Crippen molar-refractivity contribution in [3.05, 3.63) is 44.0 Å². The average molecular weight is 311 g/mol. The molecule has 1 aliphatic heterocycles. The van der Waals surface area contributed by atoms with E-state index in [1.807, 2.05) is 0 Å². The summed E-state index contributed by atoms with van der Waals surface area (Å²) in [6, 6.07) is 1.98. The highest BCUT2D eigenvalue weighted by atomic mass is 32.2. The molecule has 1 atom stereocenters.